The van der Waals surface area contributed by atoms with Crippen LogP contribution in [0.4, 0.5) is 13.2 Å². The minimum atomic E-state index is -4.38. The molecule has 11 heavy (non-hydrogen) atoms. The van der Waals surface area contributed by atoms with Crippen LogP contribution in [0.1, 0.15) is 13.3 Å². The normalized spacial score (nSPS) is 16.6. The third-order valence-electron chi connectivity index (χ3n) is 1.02. The van der Waals surface area contributed by atoms with Gasteiger partial charge in [-0.15, -0.1) is 11.6 Å². The highest BCUT2D eigenvalue weighted by atomic mass is 35.5. The molecule has 1 atom stereocenters. The molecule has 68 valence electrons. The van der Waals surface area contributed by atoms with E-state index in [0.29, 0.717) is 0 Å². The van der Waals surface area contributed by atoms with Gasteiger partial charge in [-0.05, 0) is 6.92 Å². The molecule has 0 heterocycles. The number of rotatable bonds is 2. The van der Waals surface area contributed by atoms with Crippen molar-refractivity contribution in [1.29, 1.82) is 0 Å². The fourth-order valence-corrected chi connectivity index (χ4v) is 0.788. The maximum atomic E-state index is 11.7. The highest BCUT2D eigenvalue weighted by molar-refractivity contribution is 6.52. The van der Waals surface area contributed by atoms with Crippen molar-refractivity contribution in [3.8, 4) is 0 Å². The van der Waals surface area contributed by atoms with Crippen molar-refractivity contribution in [2.24, 2.45) is 0 Å². The van der Waals surface area contributed by atoms with Gasteiger partial charge < -0.3 is 0 Å². The second-order valence-electron chi connectivity index (χ2n) is 2.17. The Morgan fingerprint density at radius 1 is 1.27 bits per heavy atom. The van der Waals surface area contributed by atoms with Crippen LogP contribution in [0.3, 0.4) is 0 Å². The van der Waals surface area contributed by atoms with E-state index in [1.165, 1.54) is 6.92 Å². The van der Waals surface area contributed by atoms with Crippen molar-refractivity contribution in [1.82, 2.24) is 0 Å². The zero-order valence-corrected chi connectivity index (χ0v) is 7.82. The van der Waals surface area contributed by atoms with Crippen LogP contribution in [0.2, 0.25) is 0 Å². The average Bonchev–Trinajstić information content (AvgIpc) is 1.56. The molecule has 0 spiro atoms. The number of alkyl halides is 6. The second kappa shape index (κ2) is 3.58. The molecule has 0 bridgehead atoms. The molecule has 0 N–H and O–H groups in total. The summed E-state index contributed by atoms with van der Waals surface area (Å²) in [5.41, 5.74) is 0. The van der Waals surface area contributed by atoms with Crippen LogP contribution >= 0.6 is 34.8 Å². The minimum Gasteiger partial charge on any atom is -0.171 e. The summed E-state index contributed by atoms with van der Waals surface area (Å²) in [4.78, 5) is 0. The summed E-state index contributed by atoms with van der Waals surface area (Å²) in [6.45, 7) is 1.31. The van der Waals surface area contributed by atoms with E-state index in [1.54, 1.807) is 0 Å². The Morgan fingerprint density at radius 2 is 1.64 bits per heavy atom. The zero-order valence-electron chi connectivity index (χ0n) is 5.55. The molecule has 0 fully saturated rings. The van der Waals surface area contributed by atoms with Gasteiger partial charge in [0.1, 0.15) is 4.33 Å². The van der Waals surface area contributed by atoms with Crippen molar-refractivity contribution in [2.45, 2.75) is 29.2 Å². The van der Waals surface area contributed by atoms with E-state index in [4.69, 9.17) is 34.8 Å². The molecule has 0 aromatic rings. The van der Waals surface area contributed by atoms with Crippen LogP contribution in [0, 0.1) is 0 Å². The average molecular weight is 229 g/mol. The molecule has 6 heteroatoms. The predicted molar refractivity (Wildman–Crippen MR) is 40.4 cm³/mol. The van der Waals surface area contributed by atoms with Gasteiger partial charge in [0.15, 0.2) is 0 Å². The van der Waals surface area contributed by atoms with Crippen molar-refractivity contribution in [3.63, 3.8) is 0 Å². The quantitative estimate of drug-likeness (QED) is 0.633. The van der Waals surface area contributed by atoms with Crippen molar-refractivity contribution < 1.29 is 13.2 Å². The fraction of sp³-hybridized carbons (Fsp3) is 1.00. The maximum absolute atomic E-state index is 11.7. The summed E-state index contributed by atoms with van der Waals surface area (Å²) in [7, 11) is 0. The Kier molecular flexibility index (Phi) is 3.80. The first-order valence-corrected chi connectivity index (χ1v) is 3.93. The molecule has 0 amide bonds. The van der Waals surface area contributed by atoms with Crippen LogP contribution in [0.25, 0.3) is 0 Å². The SMILES string of the molecule is CC(Cl)C(Cl)(Cl)CC(F)(F)F. The van der Waals surface area contributed by atoms with E-state index in [0.717, 1.165) is 0 Å². The molecule has 1 unspecified atom stereocenters. The Labute approximate surface area is 77.6 Å². The topological polar surface area (TPSA) is 0 Å². The molecule has 0 aliphatic carbocycles. The van der Waals surface area contributed by atoms with Crippen LogP contribution in [0.5, 0.6) is 0 Å². The lowest BCUT2D eigenvalue weighted by Gasteiger charge is -2.23. The number of halogens is 6. The van der Waals surface area contributed by atoms with Gasteiger partial charge in [-0.3, -0.25) is 0 Å². The summed E-state index contributed by atoms with van der Waals surface area (Å²) in [6, 6.07) is 0. The molecule has 0 saturated heterocycles. The van der Waals surface area contributed by atoms with Gasteiger partial charge >= 0.3 is 6.18 Å². The van der Waals surface area contributed by atoms with Crippen molar-refractivity contribution in [2.75, 3.05) is 0 Å². The fourth-order valence-electron chi connectivity index (χ4n) is 0.408. The molecule has 0 rings (SSSR count). The van der Waals surface area contributed by atoms with Crippen LogP contribution < -0.4 is 0 Å². The first kappa shape index (κ1) is 11.7. The summed E-state index contributed by atoms with van der Waals surface area (Å²) in [5, 5.41) is -0.938. The molecule has 0 radical (unpaired) electrons. The molecule has 0 saturated carbocycles. The van der Waals surface area contributed by atoms with E-state index in [-0.39, 0.29) is 0 Å². The molecule has 0 aliphatic heterocycles. The van der Waals surface area contributed by atoms with Gasteiger partial charge in [-0.2, -0.15) is 13.2 Å². The molecule has 0 aromatic carbocycles. The Morgan fingerprint density at radius 3 is 1.73 bits per heavy atom. The number of hydrogen-bond donors (Lipinski definition) is 0. The Balaban J connectivity index is 4.13. The van der Waals surface area contributed by atoms with Crippen LogP contribution in [-0.2, 0) is 0 Å². The monoisotopic (exact) mass is 228 g/mol. The first-order chi connectivity index (χ1) is 4.65. The van der Waals surface area contributed by atoms with Gasteiger partial charge in [0, 0.05) is 0 Å². The highest BCUT2D eigenvalue weighted by Gasteiger charge is 2.42. The first-order valence-electron chi connectivity index (χ1n) is 2.74. The highest BCUT2D eigenvalue weighted by Crippen LogP contribution is 2.39. The third kappa shape index (κ3) is 4.99. The van der Waals surface area contributed by atoms with Gasteiger partial charge in [0.05, 0.1) is 11.8 Å². The molecule has 0 aromatic heterocycles. The van der Waals surface area contributed by atoms with Crippen molar-refractivity contribution in [3.05, 3.63) is 0 Å². The standard InChI is InChI=1S/C5H6Cl3F3/c1-3(6)4(7,8)2-5(9,10)11/h3H,2H2,1H3. The van der Waals surface area contributed by atoms with Gasteiger partial charge in [-0.1, -0.05) is 23.2 Å². The van der Waals surface area contributed by atoms with Gasteiger partial charge in [0.25, 0.3) is 0 Å². The molecular formula is C5H6Cl3F3. The molecular weight excluding hydrogens is 223 g/mol. The summed E-state index contributed by atoms with van der Waals surface area (Å²) < 4.78 is 33.1. The molecule has 0 aliphatic rings. The van der Waals surface area contributed by atoms with E-state index >= 15 is 0 Å². The van der Waals surface area contributed by atoms with E-state index in [1.807, 2.05) is 0 Å². The number of hydrogen-bond acceptors (Lipinski definition) is 0. The largest absolute Gasteiger partial charge is 0.392 e. The second-order valence-corrected chi connectivity index (χ2v) is 4.37. The Bertz CT molecular complexity index is 129. The minimum absolute atomic E-state index is 0.938. The van der Waals surface area contributed by atoms with E-state index in [9.17, 15) is 13.2 Å². The van der Waals surface area contributed by atoms with Crippen molar-refractivity contribution >= 4 is 34.8 Å². The van der Waals surface area contributed by atoms with Crippen LogP contribution in [-0.4, -0.2) is 15.9 Å². The lowest BCUT2D eigenvalue weighted by atomic mass is 10.2. The van der Waals surface area contributed by atoms with Gasteiger partial charge in [0.2, 0.25) is 0 Å². The summed E-state index contributed by atoms with van der Waals surface area (Å²) in [5.74, 6) is 0. The third-order valence-corrected chi connectivity index (χ3v) is 2.54. The summed E-state index contributed by atoms with van der Waals surface area (Å²) in [6.07, 6.45) is -5.68. The summed E-state index contributed by atoms with van der Waals surface area (Å²) >= 11 is 15.9. The van der Waals surface area contributed by atoms with Gasteiger partial charge in [-0.25, -0.2) is 0 Å². The lowest BCUT2D eigenvalue weighted by Crippen LogP contribution is -2.30. The van der Waals surface area contributed by atoms with Crippen LogP contribution in [0.15, 0.2) is 0 Å². The molecule has 0 nitrogen and oxygen atoms in total. The zero-order chi connectivity index (χ0) is 9.28. The van der Waals surface area contributed by atoms with E-state index in [2.05, 4.69) is 0 Å². The smallest absolute Gasteiger partial charge is 0.171 e. The lowest BCUT2D eigenvalue weighted by molar-refractivity contribution is -0.136. The van der Waals surface area contributed by atoms with E-state index < -0.39 is 22.3 Å². The maximum Gasteiger partial charge on any atom is 0.392 e. The predicted octanol–water partition coefficient (Wildman–Crippen LogP) is 3.74. The Hall–Kier alpha value is 0.660.